The van der Waals surface area contributed by atoms with Crippen molar-refractivity contribution < 1.29 is 9.53 Å². The molecule has 0 bridgehead atoms. The first-order valence-corrected chi connectivity index (χ1v) is 4.41. The zero-order valence-electron chi connectivity index (χ0n) is 6.37. The fourth-order valence-corrected chi connectivity index (χ4v) is 1.66. The van der Waals surface area contributed by atoms with Gasteiger partial charge >= 0.3 is 6.09 Å². The molecular weight excluding hydrogens is 162 g/mol. The Hall–Kier alpha value is -0.510. The van der Waals surface area contributed by atoms with Gasteiger partial charge in [-0.3, -0.25) is 0 Å². The van der Waals surface area contributed by atoms with Gasteiger partial charge in [-0.05, 0) is 25.0 Å². The number of aliphatic imine (C=N–C) groups is 1. The van der Waals surface area contributed by atoms with Gasteiger partial charge in [0.05, 0.1) is 12.2 Å². The minimum absolute atomic E-state index is 0.497. The van der Waals surface area contributed by atoms with Crippen LogP contribution < -0.4 is 0 Å². The minimum Gasteiger partial charge on any atom is -0.451 e. The standard InChI is InChI=1S/C7H10NO2S/c1-10-7(9)8-6-4-2-3-5-11-6/h2H,3-5H2,1H3/b8-6-. The summed E-state index contributed by atoms with van der Waals surface area (Å²) < 4.78 is 4.40. The second-order valence-corrected chi connectivity index (χ2v) is 3.27. The number of thioether (sulfide) groups is 1. The van der Waals surface area contributed by atoms with Crippen LogP contribution in [0.5, 0.6) is 0 Å². The molecule has 0 saturated carbocycles. The highest BCUT2D eigenvalue weighted by atomic mass is 32.2. The van der Waals surface area contributed by atoms with E-state index in [2.05, 4.69) is 16.2 Å². The molecule has 0 aromatic heterocycles. The second kappa shape index (κ2) is 4.38. The van der Waals surface area contributed by atoms with Crippen molar-refractivity contribution in [3.63, 3.8) is 0 Å². The van der Waals surface area contributed by atoms with Crippen molar-refractivity contribution in [3.8, 4) is 0 Å². The fraction of sp³-hybridized carbons (Fsp3) is 0.571. The molecule has 0 spiro atoms. The molecule has 1 heterocycles. The molecule has 4 heteroatoms. The predicted molar refractivity (Wildman–Crippen MR) is 45.8 cm³/mol. The molecule has 11 heavy (non-hydrogen) atoms. The first-order valence-electron chi connectivity index (χ1n) is 3.43. The van der Waals surface area contributed by atoms with Gasteiger partial charge in [-0.1, -0.05) is 0 Å². The number of amides is 1. The van der Waals surface area contributed by atoms with E-state index in [-0.39, 0.29) is 0 Å². The van der Waals surface area contributed by atoms with E-state index < -0.39 is 6.09 Å². The van der Waals surface area contributed by atoms with E-state index in [1.54, 1.807) is 11.8 Å². The van der Waals surface area contributed by atoms with Crippen LogP contribution in [-0.4, -0.2) is 24.0 Å². The maximum Gasteiger partial charge on any atom is 0.434 e. The van der Waals surface area contributed by atoms with Crippen LogP contribution in [0.4, 0.5) is 4.79 Å². The topological polar surface area (TPSA) is 38.7 Å². The lowest BCUT2D eigenvalue weighted by Crippen LogP contribution is -2.05. The largest absolute Gasteiger partial charge is 0.451 e. The Morgan fingerprint density at radius 2 is 2.64 bits per heavy atom. The van der Waals surface area contributed by atoms with Crippen molar-refractivity contribution in [2.24, 2.45) is 4.99 Å². The van der Waals surface area contributed by atoms with E-state index in [1.807, 2.05) is 0 Å². The summed E-state index contributed by atoms with van der Waals surface area (Å²) in [5.41, 5.74) is 0. The van der Waals surface area contributed by atoms with Crippen molar-refractivity contribution in [1.82, 2.24) is 0 Å². The summed E-state index contributed by atoms with van der Waals surface area (Å²) in [6.07, 6.45) is 3.53. The molecule has 1 radical (unpaired) electrons. The highest BCUT2D eigenvalue weighted by Crippen LogP contribution is 2.19. The van der Waals surface area contributed by atoms with Gasteiger partial charge in [0.15, 0.2) is 0 Å². The molecule has 61 valence electrons. The maximum atomic E-state index is 10.6. The molecule has 1 aliphatic rings. The number of rotatable bonds is 0. The van der Waals surface area contributed by atoms with Crippen LogP contribution in [0.3, 0.4) is 0 Å². The molecule has 3 nitrogen and oxygen atoms in total. The van der Waals surface area contributed by atoms with Crippen molar-refractivity contribution in [2.45, 2.75) is 12.8 Å². The zero-order valence-corrected chi connectivity index (χ0v) is 7.19. The lowest BCUT2D eigenvalue weighted by atomic mass is 10.2. The van der Waals surface area contributed by atoms with Crippen molar-refractivity contribution in [3.05, 3.63) is 6.42 Å². The Labute approximate surface area is 70.2 Å². The van der Waals surface area contributed by atoms with Gasteiger partial charge in [-0.2, -0.15) is 4.99 Å². The molecule has 0 atom stereocenters. The molecule has 0 N–H and O–H groups in total. The van der Waals surface area contributed by atoms with Crippen molar-refractivity contribution in [1.29, 1.82) is 0 Å². The van der Waals surface area contributed by atoms with E-state index in [0.717, 1.165) is 23.6 Å². The number of hydrogen-bond donors (Lipinski definition) is 0. The van der Waals surface area contributed by atoms with Crippen LogP contribution in [0.15, 0.2) is 4.99 Å². The van der Waals surface area contributed by atoms with Gasteiger partial charge in [-0.25, -0.2) is 4.79 Å². The molecule has 0 unspecified atom stereocenters. The van der Waals surface area contributed by atoms with E-state index >= 15 is 0 Å². The van der Waals surface area contributed by atoms with Gasteiger partial charge in [-0.15, -0.1) is 11.8 Å². The molecule has 1 aliphatic heterocycles. The molecule has 1 amide bonds. The van der Waals surface area contributed by atoms with Crippen LogP contribution in [0.2, 0.25) is 0 Å². The van der Waals surface area contributed by atoms with Gasteiger partial charge in [0.2, 0.25) is 0 Å². The highest BCUT2D eigenvalue weighted by molar-refractivity contribution is 8.14. The van der Waals surface area contributed by atoms with Crippen LogP contribution in [0.25, 0.3) is 0 Å². The van der Waals surface area contributed by atoms with E-state index in [0.29, 0.717) is 0 Å². The minimum atomic E-state index is -0.497. The number of nitrogens with zero attached hydrogens (tertiary/aromatic N) is 1. The highest BCUT2D eigenvalue weighted by Gasteiger charge is 2.09. The average Bonchev–Trinajstić information content (AvgIpc) is 2.06. The van der Waals surface area contributed by atoms with E-state index in [9.17, 15) is 4.79 Å². The maximum absolute atomic E-state index is 10.6. The third-order valence-electron chi connectivity index (χ3n) is 1.30. The Kier molecular flexibility index (Phi) is 3.42. The third kappa shape index (κ3) is 2.93. The fourth-order valence-electron chi connectivity index (χ4n) is 0.770. The van der Waals surface area contributed by atoms with Crippen LogP contribution >= 0.6 is 11.8 Å². The van der Waals surface area contributed by atoms with Gasteiger partial charge in [0.25, 0.3) is 0 Å². The lowest BCUT2D eigenvalue weighted by Gasteiger charge is -2.09. The van der Waals surface area contributed by atoms with Crippen LogP contribution in [-0.2, 0) is 4.74 Å². The molecular formula is C7H10NO2S. The monoisotopic (exact) mass is 172 g/mol. The summed E-state index contributed by atoms with van der Waals surface area (Å²) in [7, 11) is 1.34. The van der Waals surface area contributed by atoms with Gasteiger partial charge in [0, 0.05) is 0 Å². The molecule has 1 fully saturated rings. The lowest BCUT2D eigenvalue weighted by molar-refractivity contribution is 0.182. The summed E-state index contributed by atoms with van der Waals surface area (Å²) in [6, 6.07) is 0. The summed E-state index contributed by atoms with van der Waals surface area (Å²) >= 11 is 1.62. The predicted octanol–water partition coefficient (Wildman–Crippen LogP) is 1.88. The van der Waals surface area contributed by atoms with Gasteiger partial charge in [0.1, 0.15) is 0 Å². The molecule has 0 aromatic carbocycles. The first kappa shape index (κ1) is 8.59. The molecule has 0 aliphatic carbocycles. The van der Waals surface area contributed by atoms with Crippen LogP contribution in [0, 0.1) is 6.42 Å². The zero-order chi connectivity index (χ0) is 8.10. The van der Waals surface area contributed by atoms with Crippen molar-refractivity contribution >= 4 is 22.9 Å². The quantitative estimate of drug-likeness (QED) is 0.560. The smallest absolute Gasteiger partial charge is 0.434 e. The second-order valence-electron chi connectivity index (χ2n) is 2.11. The van der Waals surface area contributed by atoms with Crippen molar-refractivity contribution in [2.75, 3.05) is 12.9 Å². The summed E-state index contributed by atoms with van der Waals surface area (Å²) in [5.74, 6) is 1.02. The number of carbonyl (C=O) groups is 1. The Morgan fingerprint density at radius 3 is 3.18 bits per heavy atom. The Morgan fingerprint density at radius 1 is 1.82 bits per heavy atom. The summed E-state index contributed by atoms with van der Waals surface area (Å²) in [6.45, 7) is 0. The van der Waals surface area contributed by atoms with Gasteiger partial charge < -0.3 is 4.74 Å². The van der Waals surface area contributed by atoms with E-state index in [4.69, 9.17) is 0 Å². The Bertz CT molecular complexity index is 171. The van der Waals surface area contributed by atoms with Crippen LogP contribution in [0.1, 0.15) is 12.8 Å². The molecule has 1 rings (SSSR count). The number of methoxy groups -OCH3 is 1. The number of ether oxygens (including phenoxy) is 1. The third-order valence-corrected chi connectivity index (χ3v) is 2.33. The molecule has 0 aromatic rings. The number of carbonyl (C=O) groups excluding carboxylic acids is 1. The number of hydrogen-bond acceptors (Lipinski definition) is 3. The SMILES string of the molecule is COC(=O)/N=C1/C[CH]CCS1. The summed E-state index contributed by atoms with van der Waals surface area (Å²) in [5, 5.41) is 0.864. The first-order chi connectivity index (χ1) is 5.33. The Balaban J connectivity index is 2.43. The molecule has 1 saturated heterocycles. The average molecular weight is 172 g/mol. The summed E-state index contributed by atoms with van der Waals surface area (Å²) in [4.78, 5) is 14.4. The normalized spacial score (nSPS) is 21.7. The van der Waals surface area contributed by atoms with E-state index in [1.165, 1.54) is 7.11 Å².